The molecular formula is C17H26FN. The van der Waals surface area contributed by atoms with Crippen LogP contribution in [-0.2, 0) is 0 Å². The summed E-state index contributed by atoms with van der Waals surface area (Å²) in [5.41, 5.74) is 2.09. The van der Waals surface area contributed by atoms with Crippen LogP contribution in [0.15, 0.2) is 18.2 Å². The van der Waals surface area contributed by atoms with E-state index in [-0.39, 0.29) is 5.82 Å². The van der Waals surface area contributed by atoms with E-state index in [1.807, 2.05) is 19.1 Å². The molecule has 0 spiro atoms. The Hall–Kier alpha value is -0.890. The van der Waals surface area contributed by atoms with Gasteiger partial charge < -0.3 is 5.32 Å². The highest BCUT2D eigenvalue weighted by Gasteiger charge is 2.26. The fourth-order valence-corrected chi connectivity index (χ4v) is 3.20. The molecule has 0 aromatic heterocycles. The monoisotopic (exact) mass is 263 g/mol. The Morgan fingerprint density at radius 1 is 1.21 bits per heavy atom. The predicted molar refractivity (Wildman–Crippen MR) is 79.0 cm³/mol. The third-order valence-corrected chi connectivity index (χ3v) is 4.22. The number of nitrogens with one attached hydrogen (secondary N) is 1. The van der Waals surface area contributed by atoms with Crippen LogP contribution >= 0.6 is 0 Å². The van der Waals surface area contributed by atoms with Crippen molar-refractivity contribution < 1.29 is 4.39 Å². The van der Waals surface area contributed by atoms with E-state index in [1.165, 1.54) is 25.7 Å². The van der Waals surface area contributed by atoms with Crippen molar-refractivity contribution in [3.63, 3.8) is 0 Å². The van der Waals surface area contributed by atoms with Crippen LogP contribution in [0.5, 0.6) is 0 Å². The van der Waals surface area contributed by atoms with Gasteiger partial charge in [0.05, 0.1) is 0 Å². The van der Waals surface area contributed by atoms with Gasteiger partial charge in [0, 0.05) is 12.0 Å². The lowest BCUT2D eigenvalue weighted by atomic mass is 9.86. The van der Waals surface area contributed by atoms with Gasteiger partial charge in [-0.3, -0.25) is 0 Å². The SMILES string of the molecule is CCCNC1CCCCCC1c1cc(C)ccc1F. The van der Waals surface area contributed by atoms with Crippen molar-refractivity contribution in [2.75, 3.05) is 6.54 Å². The molecule has 1 fully saturated rings. The second kappa shape index (κ2) is 7.04. The van der Waals surface area contributed by atoms with E-state index in [2.05, 4.69) is 12.2 Å². The minimum atomic E-state index is -0.0270. The largest absolute Gasteiger partial charge is 0.313 e. The summed E-state index contributed by atoms with van der Waals surface area (Å²) in [5, 5.41) is 3.64. The van der Waals surface area contributed by atoms with Crippen LogP contribution in [-0.4, -0.2) is 12.6 Å². The van der Waals surface area contributed by atoms with Gasteiger partial charge in [0.25, 0.3) is 0 Å². The molecule has 0 heterocycles. The molecule has 2 atom stereocenters. The Morgan fingerprint density at radius 3 is 2.79 bits per heavy atom. The highest BCUT2D eigenvalue weighted by Crippen LogP contribution is 2.33. The number of aryl methyl sites for hydroxylation is 1. The smallest absolute Gasteiger partial charge is 0.126 e. The van der Waals surface area contributed by atoms with Crippen LogP contribution < -0.4 is 5.32 Å². The summed E-state index contributed by atoms with van der Waals surface area (Å²) < 4.78 is 14.2. The molecule has 19 heavy (non-hydrogen) atoms. The van der Waals surface area contributed by atoms with Crippen LogP contribution in [0.2, 0.25) is 0 Å². The second-order valence-corrected chi connectivity index (χ2v) is 5.83. The molecule has 1 N–H and O–H groups in total. The van der Waals surface area contributed by atoms with Gasteiger partial charge in [0.15, 0.2) is 0 Å². The average Bonchev–Trinajstić information content (AvgIpc) is 2.64. The Bertz CT molecular complexity index is 402. The third kappa shape index (κ3) is 3.79. The maximum Gasteiger partial charge on any atom is 0.126 e. The number of benzene rings is 1. The van der Waals surface area contributed by atoms with Gasteiger partial charge in [-0.05, 0) is 44.4 Å². The van der Waals surface area contributed by atoms with E-state index in [1.54, 1.807) is 6.07 Å². The molecule has 0 amide bonds. The first-order valence-corrected chi connectivity index (χ1v) is 7.71. The van der Waals surface area contributed by atoms with Crippen LogP contribution in [0.1, 0.15) is 62.5 Å². The van der Waals surface area contributed by atoms with E-state index in [0.29, 0.717) is 12.0 Å². The summed E-state index contributed by atoms with van der Waals surface area (Å²) in [7, 11) is 0. The van der Waals surface area contributed by atoms with Crippen LogP contribution in [0.3, 0.4) is 0 Å². The first kappa shape index (κ1) is 14.5. The van der Waals surface area contributed by atoms with E-state index in [9.17, 15) is 4.39 Å². The molecule has 106 valence electrons. The highest BCUT2D eigenvalue weighted by atomic mass is 19.1. The fourth-order valence-electron chi connectivity index (χ4n) is 3.20. The predicted octanol–water partition coefficient (Wildman–Crippen LogP) is 4.55. The van der Waals surface area contributed by atoms with Crippen molar-refractivity contribution in [1.82, 2.24) is 5.32 Å². The molecule has 0 aliphatic heterocycles. The Kier molecular flexibility index (Phi) is 5.38. The van der Waals surface area contributed by atoms with Crippen molar-refractivity contribution in [3.8, 4) is 0 Å². The molecule has 2 rings (SSSR count). The van der Waals surface area contributed by atoms with E-state index in [4.69, 9.17) is 0 Å². The van der Waals surface area contributed by atoms with Crippen molar-refractivity contribution >= 4 is 0 Å². The Morgan fingerprint density at radius 2 is 2.00 bits per heavy atom. The maximum atomic E-state index is 14.2. The summed E-state index contributed by atoms with van der Waals surface area (Å²) in [4.78, 5) is 0. The van der Waals surface area contributed by atoms with Gasteiger partial charge in [-0.2, -0.15) is 0 Å². The van der Waals surface area contributed by atoms with Crippen LogP contribution in [0.25, 0.3) is 0 Å². The normalized spacial score (nSPS) is 24.2. The number of hydrogen-bond acceptors (Lipinski definition) is 1. The van der Waals surface area contributed by atoms with Crippen LogP contribution in [0.4, 0.5) is 4.39 Å². The zero-order valence-corrected chi connectivity index (χ0v) is 12.2. The van der Waals surface area contributed by atoms with Gasteiger partial charge >= 0.3 is 0 Å². The maximum absolute atomic E-state index is 14.2. The molecule has 1 saturated carbocycles. The molecule has 0 bridgehead atoms. The summed E-state index contributed by atoms with van der Waals surface area (Å²) >= 11 is 0. The van der Waals surface area contributed by atoms with Crippen LogP contribution in [0, 0.1) is 12.7 Å². The summed E-state index contributed by atoms with van der Waals surface area (Å²) in [5.74, 6) is 0.315. The molecule has 2 heteroatoms. The van der Waals surface area contributed by atoms with E-state index >= 15 is 0 Å². The standard InChI is InChI=1S/C17H26FN/c1-3-11-19-17-8-6-4-5-7-14(17)15-12-13(2)9-10-16(15)18/h9-10,12,14,17,19H,3-8,11H2,1-2H3. The highest BCUT2D eigenvalue weighted by molar-refractivity contribution is 5.28. The minimum absolute atomic E-state index is 0.0270. The zero-order valence-electron chi connectivity index (χ0n) is 12.2. The van der Waals surface area contributed by atoms with Gasteiger partial charge in [-0.15, -0.1) is 0 Å². The minimum Gasteiger partial charge on any atom is -0.313 e. The average molecular weight is 263 g/mol. The molecular weight excluding hydrogens is 237 g/mol. The Labute approximate surface area is 116 Å². The zero-order chi connectivity index (χ0) is 13.7. The second-order valence-electron chi connectivity index (χ2n) is 5.83. The summed E-state index contributed by atoms with van der Waals surface area (Å²) in [6, 6.07) is 5.99. The Balaban J connectivity index is 2.23. The molecule has 1 aliphatic rings. The van der Waals surface area contributed by atoms with Crippen molar-refractivity contribution in [2.45, 2.75) is 64.3 Å². The van der Waals surface area contributed by atoms with Gasteiger partial charge in [0.1, 0.15) is 5.82 Å². The van der Waals surface area contributed by atoms with Gasteiger partial charge in [-0.1, -0.05) is 43.9 Å². The number of halogens is 1. The molecule has 0 saturated heterocycles. The topological polar surface area (TPSA) is 12.0 Å². The molecule has 2 unspecified atom stereocenters. The van der Waals surface area contributed by atoms with Gasteiger partial charge in [-0.25, -0.2) is 4.39 Å². The van der Waals surface area contributed by atoms with E-state index < -0.39 is 0 Å². The number of hydrogen-bond donors (Lipinski definition) is 1. The molecule has 1 nitrogen and oxygen atoms in total. The first-order chi connectivity index (χ1) is 9.22. The van der Waals surface area contributed by atoms with Gasteiger partial charge in [0.2, 0.25) is 0 Å². The summed E-state index contributed by atoms with van der Waals surface area (Å²) in [6.07, 6.45) is 7.21. The lowest BCUT2D eigenvalue weighted by Gasteiger charge is -2.27. The first-order valence-electron chi connectivity index (χ1n) is 7.71. The quantitative estimate of drug-likeness (QED) is 0.786. The van der Waals surface area contributed by atoms with Crippen molar-refractivity contribution in [1.29, 1.82) is 0 Å². The molecule has 1 aliphatic carbocycles. The molecule has 0 radical (unpaired) electrons. The third-order valence-electron chi connectivity index (χ3n) is 4.22. The fraction of sp³-hybridized carbons (Fsp3) is 0.647. The lowest BCUT2D eigenvalue weighted by Crippen LogP contribution is -2.35. The number of rotatable bonds is 4. The molecule has 1 aromatic rings. The van der Waals surface area contributed by atoms with E-state index in [0.717, 1.165) is 30.5 Å². The lowest BCUT2D eigenvalue weighted by molar-refractivity contribution is 0.400. The van der Waals surface area contributed by atoms with Crippen molar-refractivity contribution in [2.24, 2.45) is 0 Å². The van der Waals surface area contributed by atoms with Crippen molar-refractivity contribution in [3.05, 3.63) is 35.1 Å². The summed E-state index contributed by atoms with van der Waals surface area (Å²) in [6.45, 7) is 5.27. The molecule has 1 aromatic carbocycles.